The van der Waals surface area contributed by atoms with Crippen molar-refractivity contribution in [2.24, 2.45) is 5.73 Å². The van der Waals surface area contributed by atoms with Crippen LogP contribution in [-0.4, -0.2) is 28.9 Å². The SMILES string of the molecule is NCCSCC(=O)Nc1ccc([N+](=O)[O-])c(F)c1. The molecule has 0 saturated heterocycles. The number of halogens is 1. The van der Waals surface area contributed by atoms with Gasteiger partial charge in [-0.05, 0) is 6.07 Å². The van der Waals surface area contributed by atoms with Gasteiger partial charge in [0.15, 0.2) is 0 Å². The molecule has 1 aromatic rings. The molecule has 8 heteroatoms. The summed E-state index contributed by atoms with van der Waals surface area (Å²) in [7, 11) is 0. The molecule has 98 valence electrons. The molecule has 18 heavy (non-hydrogen) atoms. The van der Waals surface area contributed by atoms with Gasteiger partial charge in [-0.3, -0.25) is 14.9 Å². The standard InChI is InChI=1S/C10H12FN3O3S/c11-8-5-7(1-2-9(8)14(16)17)13-10(15)6-18-4-3-12/h1-2,5H,3-4,6,12H2,(H,13,15). The molecule has 3 N–H and O–H groups in total. The molecule has 0 atom stereocenters. The van der Waals surface area contributed by atoms with E-state index >= 15 is 0 Å². The van der Waals surface area contributed by atoms with Gasteiger partial charge in [0.2, 0.25) is 11.7 Å². The summed E-state index contributed by atoms with van der Waals surface area (Å²) in [6.45, 7) is 0.476. The minimum Gasteiger partial charge on any atom is -0.330 e. The van der Waals surface area contributed by atoms with Crippen LogP contribution < -0.4 is 11.1 Å². The number of carbonyl (C=O) groups is 1. The lowest BCUT2D eigenvalue weighted by Crippen LogP contribution is -2.15. The second-order valence-corrected chi connectivity index (χ2v) is 4.42. The van der Waals surface area contributed by atoms with E-state index in [9.17, 15) is 19.3 Å². The first-order valence-corrected chi connectivity index (χ1v) is 6.21. The van der Waals surface area contributed by atoms with Crippen molar-refractivity contribution in [3.63, 3.8) is 0 Å². The lowest BCUT2D eigenvalue weighted by molar-refractivity contribution is -0.387. The van der Waals surface area contributed by atoms with E-state index in [2.05, 4.69) is 5.32 Å². The van der Waals surface area contributed by atoms with Gasteiger partial charge in [-0.1, -0.05) is 0 Å². The van der Waals surface area contributed by atoms with E-state index in [-0.39, 0.29) is 17.3 Å². The van der Waals surface area contributed by atoms with Gasteiger partial charge in [0, 0.05) is 30.1 Å². The van der Waals surface area contributed by atoms with E-state index in [4.69, 9.17) is 5.73 Å². The molecule has 0 aliphatic carbocycles. The van der Waals surface area contributed by atoms with Crippen molar-refractivity contribution >= 4 is 29.0 Å². The van der Waals surface area contributed by atoms with Gasteiger partial charge in [0.1, 0.15) is 0 Å². The summed E-state index contributed by atoms with van der Waals surface area (Å²) in [6, 6.07) is 3.22. The number of thioether (sulfide) groups is 1. The molecule has 0 heterocycles. The molecule has 0 fully saturated rings. The van der Waals surface area contributed by atoms with Gasteiger partial charge in [-0.15, -0.1) is 0 Å². The topological polar surface area (TPSA) is 98.3 Å². The molecule has 0 aliphatic heterocycles. The van der Waals surface area contributed by atoms with Crippen LogP contribution in [0.4, 0.5) is 15.8 Å². The average Bonchev–Trinajstić information content (AvgIpc) is 2.28. The van der Waals surface area contributed by atoms with E-state index in [1.54, 1.807) is 0 Å². The van der Waals surface area contributed by atoms with Crippen LogP contribution in [0.25, 0.3) is 0 Å². The third-order valence-corrected chi connectivity index (χ3v) is 2.91. The molecule has 1 aromatic carbocycles. The Morgan fingerprint density at radius 1 is 1.56 bits per heavy atom. The summed E-state index contributed by atoms with van der Waals surface area (Å²) >= 11 is 1.35. The maximum absolute atomic E-state index is 13.2. The van der Waals surface area contributed by atoms with Crippen molar-refractivity contribution in [1.29, 1.82) is 0 Å². The Morgan fingerprint density at radius 3 is 2.83 bits per heavy atom. The predicted molar refractivity (Wildman–Crippen MR) is 68.1 cm³/mol. The Kier molecular flexibility index (Phi) is 5.53. The van der Waals surface area contributed by atoms with Crippen LogP contribution in [-0.2, 0) is 4.79 Å². The molecule has 0 unspecified atom stereocenters. The van der Waals surface area contributed by atoms with Crippen LogP contribution in [0, 0.1) is 15.9 Å². The quantitative estimate of drug-likeness (QED) is 0.463. The molecule has 1 amide bonds. The maximum Gasteiger partial charge on any atom is 0.304 e. The zero-order chi connectivity index (χ0) is 13.5. The first-order valence-electron chi connectivity index (χ1n) is 5.06. The molecule has 1 rings (SSSR count). The van der Waals surface area contributed by atoms with Crippen LogP contribution in [0.1, 0.15) is 0 Å². The highest BCUT2D eigenvalue weighted by atomic mass is 32.2. The predicted octanol–water partition coefficient (Wildman–Crippen LogP) is 1.36. The summed E-state index contributed by atoms with van der Waals surface area (Å²) in [5.41, 5.74) is 4.84. The molecule has 0 spiro atoms. The van der Waals surface area contributed by atoms with Crippen molar-refractivity contribution < 1.29 is 14.1 Å². The molecule has 0 aliphatic rings. The van der Waals surface area contributed by atoms with Gasteiger partial charge in [-0.2, -0.15) is 16.2 Å². The van der Waals surface area contributed by atoms with Crippen LogP contribution in [0.5, 0.6) is 0 Å². The van der Waals surface area contributed by atoms with Gasteiger partial charge in [0.05, 0.1) is 10.7 Å². The van der Waals surface area contributed by atoms with E-state index in [1.807, 2.05) is 0 Å². The Morgan fingerprint density at radius 2 is 2.28 bits per heavy atom. The largest absolute Gasteiger partial charge is 0.330 e. The minimum atomic E-state index is -0.979. The second kappa shape index (κ2) is 6.92. The van der Waals surface area contributed by atoms with E-state index in [0.29, 0.717) is 12.3 Å². The lowest BCUT2D eigenvalue weighted by Gasteiger charge is -2.04. The highest BCUT2D eigenvalue weighted by molar-refractivity contribution is 7.99. The molecule has 0 bridgehead atoms. The normalized spacial score (nSPS) is 10.1. The molecule has 0 radical (unpaired) electrons. The highest BCUT2D eigenvalue weighted by Crippen LogP contribution is 2.20. The zero-order valence-corrected chi connectivity index (χ0v) is 10.2. The number of nitrogens with one attached hydrogen (secondary N) is 1. The summed E-state index contributed by atoms with van der Waals surface area (Å²) in [5, 5.41) is 12.8. The van der Waals surface area contributed by atoms with Crippen LogP contribution >= 0.6 is 11.8 Å². The van der Waals surface area contributed by atoms with Gasteiger partial charge >= 0.3 is 5.69 Å². The smallest absolute Gasteiger partial charge is 0.304 e. The number of rotatable bonds is 6. The van der Waals surface area contributed by atoms with Crippen molar-refractivity contribution in [3.8, 4) is 0 Å². The molecule has 0 aromatic heterocycles. The number of nitrogens with zero attached hydrogens (tertiary/aromatic N) is 1. The van der Waals surface area contributed by atoms with Gasteiger partial charge in [-0.25, -0.2) is 0 Å². The molecular formula is C10H12FN3O3S. The third kappa shape index (κ3) is 4.30. The minimum absolute atomic E-state index is 0.191. The van der Waals surface area contributed by atoms with Crippen LogP contribution in [0.15, 0.2) is 18.2 Å². The Labute approximate surface area is 107 Å². The van der Waals surface area contributed by atoms with E-state index in [1.165, 1.54) is 17.8 Å². The number of nitro benzene ring substituents is 1. The fourth-order valence-corrected chi connectivity index (χ4v) is 1.75. The number of nitro groups is 1. The Balaban J connectivity index is 2.60. The van der Waals surface area contributed by atoms with Crippen LogP contribution in [0.2, 0.25) is 0 Å². The van der Waals surface area contributed by atoms with E-state index in [0.717, 1.165) is 12.1 Å². The van der Waals surface area contributed by atoms with Gasteiger partial charge < -0.3 is 11.1 Å². The number of hydrogen-bond donors (Lipinski definition) is 2. The second-order valence-electron chi connectivity index (χ2n) is 3.31. The molecule has 6 nitrogen and oxygen atoms in total. The molecular weight excluding hydrogens is 261 g/mol. The number of anilines is 1. The first-order chi connectivity index (χ1) is 8.54. The first kappa shape index (κ1) is 14.4. The maximum atomic E-state index is 13.2. The number of carbonyl (C=O) groups excluding carboxylic acids is 1. The number of benzene rings is 1. The highest BCUT2D eigenvalue weighted by Gasteiger charge is 2.14. The van der Waals surface area contributed by atoms with Crippen molar-refractivity contribution in [3.05, 3.63) is 34.1 Å². The van der Waals surface area contributed by atoms with Crippen molar-refractivity contribution in [2.45, 2.75) is 0 Å². The fraction of sp³-hybridized carbons (Fsp3) is 0.300. The number of hydrogen-bond acceptors (Lipinski definition) is 5. The summed E-state index contributed by atoms with van der Waals surface area (Å²) < 4.78 is 13.2. The average molecular weight is 273 g/mol. The summed E-state index contributed by atoms with van der Waals surface area (Å²) in [4.78, 5) is 21.0. The lowest BCUT2D eigenvalue weighted by atomic mass is 10.2. The zero-order valence-electron chi connectivity index (χ0n) is 9.39. The Hall–Kier alpha value is -1.67. The Bertz CT molecular complexity index is 456. The monoisotopic (exact) mass is 273 g/mol. The summed E-state index contributed by atoms with van der Waals surface area (Å²) in [6.07, 6.45) is 0. The summed E-state index contributed by atoms with van der Waals surface area (Å²) in [5.74, 6) is -0.424. The third-order valence-electron chi connectivity index (χ3n) is 1.92. The fourth-order valence-electron chi connectivity index (χ4n) is 1.18. The van der Waals surface area contributed by atoms with Crippen molar-refractivity contribution in [2.75, 3.05) is 23.4 Å². The number of amides is 1. The molecule has 0 saturated carbocycles. The van der Waals surface area contributed by atoms with Gasteiger partial charge in [0.25, 0.3) is 0 Å². The van der Waals surface area contributed by atoms with Crippen LogP contribution in [0.3, 0.4) is 0 Å². The number of nitrogens with two attached hydrogens (primary N) is 1. The van der Waals surface area contributed by atoms with E-state index < -0.39 is 16.4 Å². The van der Waals surface area contributed by atoms with Crippen molar-refractivity contribution in [1.82, 2.24) is 0 Å².